The summed E-state index contributed by atoms with van der Waals surface area (Å²) in [6.07, 6.45) is 0. The van der Waals surface area contributed by atoms with Gasteiger partial charge >= 0.3 is 0 Å². The molecule has 0 aliphatic carbocycles. The van der Waals surface area contributed by atoms with Crippen LogP contribution in [0.1, 0.15) is 15.9 Å². The first-order valence-electron chi connectivity index (χ1n) is 6.00. The topological polar surface area (TPSA) is 89.3 Å². The third kappa shape index (κ3) is 4.28. The average molecular weight is 308 g/mol. The second-order valence-electron chi connectivity index (χ2n) is 4.43. The van der Waals surface area contributed by atoms with Crippen molar-refractivity contribution in [1.29, 1.82) is 0 Å². The minimum Gasteiger partial charge on any atom is -0.366 e. The summed E-state index contributed by atoms with van der Waals surface area (Å²) >= 11 is 0. The number of rotatable bonds is 5. The summed E-state index contributed by atoms with van der Waals surface area (Å²) in [6, 6.07) is 11.0. The van der Waals surface area contributed by atoms with Crippen molar-refractivity contribution in [2.45, 2.75) is 5.75 Å². The Kier molecular flexibility index (Phi) is 4.23. The van der Waals surface area contributed by atoms with Gasteiger partial charge in [-0.2, -0.15) is 0 Å². The molecule has 0 radical (unpaired) electrons. The highest BCUT2D eigenvalue weighted by Gasteiger charge is 2.12. The largest absolute Gasteiger partial charge is 0.366 e. The van der Waals surface area contributed by atoms with E-state index in [1.54, 1.807) is 0 Å². The van der Waals surface area contributed by atoms with E-state index in [0.29, 0.717) is 11.3 Å². The van der Waals surface area contributed by atoms with Gasteiger partial charge in [-0.25, -0.2) is 12.8 Å². The Morgan fingerprint density at radius 2 is 1.62 bits per heavy atom. The van der Waals surface area contributed by atoms with Crippen LogP contribution in [-0.4, -0.2) is 14.3 Å². The van der Waals surface area contributed by atoms with Crippen LogP contribution in [0, 0.1) is 5.82 Å². The second kappa shape index (κ2) is 5.92. The predicted molar refractivity (Wildman–Crippen MR) is 77.6 cm³/mol. The molecule has 21 heavy (non-hydrogen) atoms. The van der Waals surface area contributed by atoms with Crippen molar-refractivity contribution in [3.8, 4) is 0 Å². The molecule has 0 aliphatic rings. The first-order chi connectivity index (χ1) is 9.85. The lowest BCUT2D eigenvalue weighted by Crippen LogP contribution is -2.15. The number of amides is 1. The molecular formula is C14H13FN2O3S. The fourth-order valence-corrected chi connectivity index (χ4v) is 2.92. The van der Waals surface area contributed by atoms with Crippen LogP contribution < -0.4 is 10.5 Å². The molecule has 2 rings (SSSR count). The van der Waals surface area contributed by atoms with E-state index in [4.69, 9.17) is 5.73 Å². The Balaban J connectivity index is 2.10. The summed E-state index contributed by atoms with van der Waals surface area (Å²) in [5.41, 5.74) is 6.18. The van der Waals surface area contributed by atoms with Crippen molar-refractivity contribution in [2.24, 2.45) is 5.73 Å². The number of nitrogens with one attached hydrogen (secondary N) is 1. The first kappa shape index (κ1) is 15.0. The number of benzene rings is 2. The molecule has 0 heterocycles. The van der Waals surface area contributed by atoms with E-state index in [9.17, 15) is 17.6 Å². The molecule has 1 amide bonds. The molecule has 2 aromatic carbocycles. The maximum Gasteiger partial charge on any atom is 0.248 e. The van der Waals surface area contributed by atoms with Crippen molar-refractivity contribution >= 4 is 21.6 Å². The molecule has 0 aliphatic heterocycles. The number of nitrogens with two attached hydrogens (primary N) is 1. The third-order valence-electron chi connectivity index (χ3n) is 2.71. The molecule has 0 atom stereocenters. The van der Waals surface area contributed by atoms with Gasteiger partial charge < -0.3 is 5.73 Å². The van der Waals surface area contributed by atoms with Gasteiger partial charge in [-0.3, -0.25) is 9.52 Å². The van der Waals surface area contributed by atoms with Gasteiger partial charge in [-0.05, 0) is 42.0 Å². The Morgan fingerprint density at radius 3 is 2.14 bits per heavy atom. The highest BCUT2D eigenvalue weighted by Crippen LogP contribution is 2.14. The zero-order chi connectivity index (χ0) is 15.5. The van der Waals surface area contributed by atoms with Crippen LogP contribution in [0.3, 0.4) is 0 Å². The SMILES string of the molecule is NC(=O)c1ccc(NS(=O)(=O)Cc2ccc(F)cc2)cc1. The molecule has 3 N–H and O–H groups in total. The van der Waals surface area contributed by atoms with Gasteiger partial charge in [0, 0.05) is 11.3 Å². The number of primary amides is 1. The highest BCUT2D eigenvalue weighted by atomic mass is 32.2. The molecule has 2 aromatic rings. The quantitative estimate of drug-likeness (QED) is 0.883. The third-order valence-corrected chi connectivity index (χ3v) is 3.97. The van der Waals surface area contributed by atoms with E-state index in [1.807, 2.05) is 0 Å². The van der Waals surface area contributed by atoms with Crippen LogP contribution >= 0.6 is 0 Å². The molecule has 0 bridgehead atoms. The normalized spacial score (nSPS) is 11.1. The van der Waals surface area contributed by atoms with Gasteiger partial charge in [-0.15, -0.1) is 0 Å². The zero-order valence-corrected chi connectivity index (χ0v) is 11.7. The molecular weight excluding hydrogens is 295 g/mol. The molecule has 7 heteroatoms. The van der Waals surface area contributed by atoms with Gasteiger partial charge in [0.25, 0.3) is 0 Å². The van der Waals surface area contributed by atoms with E-state index in [0.717, 1.165) is 0 Å². The van der Waals surface area contributed by atoms with Crippen LogP contribution in [0.25, 0.3) is 0 Å². The summed E-state index contributed by atoms with van der Waals surface area (Å²) in [5.74, 6) is -1.29. The highest BCUT2D eigenvalue weighted by molar-refractivity contribution is 7.91. The first-order valence-corrected chi connectivity index (χ1v) is 7.66. The lowest BCUT2D eigenvalue weighted by atomic mass is 10.2. The average Bonchev–Trinajstić information content (AvgIpc) is 2.41. The van der Waals surface area contributed by atoms with E-state index in [2.05, 4.69) is 4.72 Å². The van der Waals surface area contributed by atoms with E-state index in [-0.39, 0.29) is 11.3 Å². The smallest absolute Gasteiger partial charge is 0.248 e. The summed E-state index contributed by atoms with van der Waals surface area (Å²) in [7, 11) is -3.62. The monoisotopic (exact) mass is 308 g/mol. The minimum absolute atomic E-state index is 0.273. The van der Waals surface area contributed by atoms with Crippen molar-refractivity contribution in [3.05, 3.63) is 65.5 Å². The van der Waals surface area contributed by atoms with E-state index in [1.165, 1.54) is 48.5 Å². The summed E-state index contributed by atoms with van der Waals surface area (Å²) in [4.78, 5) is 10.9. The number of hydrogen-bond acceptors (Lipinski definition) is 3. The molecule has 0 saturated heterocycles. The number of sulfonamides is 1. The lowest BCUT2D eigenvalue weighted by molar-refractivity contribution is 0.100. The van der Waals surface area contributed by atoms with Gasteiger partial charge in [0.15, 0.2) is 0 Å². The standard InChI is InChI=1S/C14H13FN2O3S/c15-12-5-1-10(2-6-12)9-21(19,20)17-13-7-3-11(4-8-13)14(16)18/h1-8,17H,9H2,(H2,16,18). The molecule has 110 valence electrons. The van der Waals surface area contributed by atoms with Crippen LogP contribution in [0.5, 0.6) is 0 Å². The van der Waals surface area contributed by atoms with Crippen LogP contribution in [-0.2, 0) is 15.8 Å². The molecule has 0 aromatic heterocycles. The predicted octanol–water partition coefficient (Wildman–Crippen LogP) is 1.87. The number of carbonyl (C=O) groups is 1. The van der Waals surface area contributed by atoms with Crippen molar-refractivity contribution in [2.75, 3.05) is 4.72 Å². The van der Waals surface area contributed by atoms with Gasteiger partial charge in [-0.1, -0.05) is 12.1 Å². The number of hydrogen-bond donors (Lipinski definition) is 2. The van der Waals surface area contributed by atoms with Crippen molar-refractivity contribution in [3.63, 3.8) is 0 Å². The second-order valence-corrected chi connectivity index (χ2v) is 6.15. The molecule has 0 saturated carbocycles. The molecule has 0 fully saturated rings. The Bertz CT molecular complexity index is 741. The molecule has 0 unspecified atom stereocenters. The van der Waals surface area contributed by atoms with Gasteiger partial charge in [0.05, 0.1) is 5.75 Å². The minimum atomic E-state index is -3.62. The molecule has 0 spiro atoms. The Labute approximate surface area is 121 Å². The fraction of sp³-hybridized carbons (Fsp3) is 0.0714. The van der Waals surface area contributed by atoms with E-state index < -0.39 is 21.7 Å². The Morgan fingerprint density at radius 1 is 1.05 bits per heavy atom. The summed E-state index contributed by atoms with van der Waals surface area (Å²) in [6.45, 7) is 0. The van der Waals surface area contributed by atoms with Crippen molar-refractivity contribution < 1.29 is 17.6 Å². The summed E-state index contributed by atoms with van der Waals surface area (Å²) in [5, 5.41) is 0. The number of anilines is 1. The Hall–Kier alpha value is -2.41. The van der Waals surface area contributed by atoms with Crippen molar-refractivity contribution in [1.82, 2.24) is 0 Å². The summed E-state index contributed by atoms with van der Waals surface area (Å²) < 4.78 is 39.1. The zero-order valence-electron chi connectivity index (χ0n) is 10.9. The maximum atomic E-state index is 12.8. The van der Waals surface area contributed by atoms with E-state index >= 15 is 0 Å². The van der Waals surface area contributed by atoms with Crippen LogP contribution in [0.15, 0.2) is 48.5 Å². The lowest BCUT2D eigenvalue weighted by Gasteiger charge is -2.08. The van der Waals surface area contributed by atoms with Crippen LogP contribution in [0.2, 0.25) is 0 Å². The van der Waals surface area contributed by atoms with Gasteiger partial charge in [0.2, 0.25) is 15.9 Å². The molecule has 5 nitrogen and oxygen atoms in total. The van der Waals surface area contributed by atoms with Crippen LogP contribution in [0.4, 0.5) is 10.1 Å². The van der Waals surface area contributed by atoms with Gasteiger partial charge in [0.1, 0.15) is 5.82 Å². The maximum absolute atomic E-state index is 12.8. The number of halogens is 1. The number of carbonyl (C=O) groups excluding carboxylic acids is 1. The fourth-order valence-electron chi connectivity index (χ4n) is 1.72.